The van der Waals surface area contributed by atoms with Gasteiger partial charge in [0.25, 0.3) is 0 Å². The van der Waals surface area contributed by atoms with Crippen LogP contribution in [-0.2, 0) is 28.2 Å². The Morgan fingerprint density at radius 1 is 1.00 bits per heavy atom. The normalized spacial score (nSPS) is 23.1. The summed E-state index contributed by atoms with van der Waals surface area (Å²) in [6.07, 6.45) is 13.5. The number of sulfone groups is 1. The maximum Gasteiger partial charge on any atom is 0.305 e. The van der Waals surface area contributed by atoms with Crippen LogP contribution in [0.3, 0.4) is 0 Å². The van der Waals surface area contributed by atoms with E-state index in [9.17, 15) is 10.0 Å². The predicted molar refractivity (Wildman–Crippen MR) is 215 cm³/mol. The predicted octanol–water partition coefficient (Wildman–Crippen LogP) is 10.1. The number of carbonyl (C=O) groups excluding carboxylic acids is 1. The summed E-state index contributed by atoms with van der Waals surface area (Å²) in [5, 5.41) is 12.4. The van der Waals surface area contributed by atoms with Crippen molar-refractivity contribution < 1.29 is 32.0 Å². The fourth-order valence-corrected chi connectivity index (χ4v) is 11.7. The van der Waals surface area contributed by atoms with Gasteiger partial charge in [-0.3, -0.25) is 4.79 Å². The van der Waals surface area contributed by atoms with Gasteiger partial charge >= 0.3 is 5.97 Å². The number of benzene rings is 1. The van der Waals surface area contributed by atoms with Gasteiger partial charge in [-0.2, -0.15) is 5.06 Å². The van der Waals surface area contributed by atoms with Gasteiger partial charge in [0, 0.05) is 19.4 Å². The van der Waals surface area contributed by atoms with E-state index in [4.69, 9.17) is 13.6 Å². The summed E-state index contributed by atoms with van der Waals surface area (Å²) < 4.78 is 48.2. The first-order valence-corrected chi connectivity index (χ1v) is 26.3. The Hall–Kier alpha value is -1.61. The number of carbonyl (C=O) groups is 1. The molecule has 5 atom stereocenters. The molecule has 1 N–H and O–H groups in total. The highest BCUT2D eigenvalue weighted by Crippen LogP contribution is 2.53. The molecule has 0 saturated heterocycles. The first-order valence-electron chi connectivity index (χ1n) is 19.0. The molecular formula is C40H71NO7SSi2. The summed E-state index contributed by atoms with van der Waals surface area (Å²) in [7, 11) is -5.72. The molecule has 0 unspecified atom stereocenters. The molecule has 1 aliphatic rings. The van der Waals surface area contributed by atoms with E-state index in [1.165, 1.54) is 7.11 Å². The van der Waals surface area contributed by atoms with Gasteiger partial charge in [0.2, 0.25) is 0 Å². The van der Waals surface area contributed by atoms with Crippen LogP contribution in [0, 0.1) is 5.92 Å². The zero-order valence-corrected chi connectivity index (χ0v) is 36.9. The number of methoxy groups -OCH3 is 1. The quantitative estimate of drug-likeness (QED) is 0.0488. The minimum absolute atomic E-state index is 0.00888. The van der Waals surface area contributed by atoms with Crippen molar-refractivity contribution in [3.63, 3.8) is 0 Å². The SMILES string of the molecule is CCCCC[C@@H](/C=C/[C@H]1[C@H](O[Si](C)(C)C(C)(C)C)C[C@H](N(C)O)[C@]1(C/C=C\CCCC(=O)OC)S(=O)(=O)c1ccccc1)O[Si](C)(C)C(C)(C)C. The van der Waals surface area contributed by atoms with Crippen LogP contribution in [-0.4, -0.2) is 78.4 Å². The smallest absolute Gasteiger partial charge is 0.305 e. The van der Waals surface area contributed by atoms with Gasteiger partial charge < -0.3 is 18.8 Å². The molecule has 1 saturated carbocycles. The van der Waals surface area contributed by atoms with Gasteiger partial charge in [-0.05, 0) is 80.5 Å². The second kappa shape index (κ2) is 18.6. The Labute approximate surface area is 313 Å². The van der Waals surface area contributed by atoms with E-state index >= 15 is 8.42 Å². The fourth-order valence-electron chi connectivity index (χ4n) is 6.53. The lowest BCUT2D eigenvalue weighted by Crippen LogP contribution is -2.55. The van der Waals surface area contributed by atoms with E-state index in [2.05, 4.69) is 86.8 Å². The monoisotopic (exact) mass is 765 g/mol. The van der Waals surface area contributed by atoms with Crippen molar-refractivity contribution in [3.05, 3.63) is 54.6 Å². The Bertz CT molecular complexity index is 1400. The van der Waals surface area contributed by atoms with Crippen molar-refractivity contribution in [2.45, 2.75) is 170 Å². The van der Waals surface area contributed by atoms with Gasteiger partial charge in [0.05, 0.1) is 30.3 Å². The van der Waals surface area contributed by atoms with Crippen LogP contribution < -0.4 is 0 Å². The van der Waals surface area contributed by atoms with Crippen LogP contribution in [0.25, 0.3) is 0 Å². The van der Waals surface area contributed by atoms with E-state index in [0.29, 0.717) is 19.3 Å². The molecule has 1 aromatic rings. The second-order valence-electron chi connectivity index (χ2n) is 17.5. The van der Waals surface area contributed by atoms with Crippen molar-refractivity contribution in [2.75, 3.05) is 14.2 Å². The molecule has 0 radical (unpaired) electrons. The number of unbranched alkanes of at least 4 members (excludes halogenated alkanes) is 3. The Morgan fingerprint density at radius 2 is 1.61 bits per heavy atom. The molecule has 1 aromatic carbocycles. The van der Waals surface area contributed by atoms with Crippen molar-refractivity contribution in [1.82, 2.24) is 5.06 Å². The fraction of sp³-hybridized carbons (Fsp3) is 0.725. The van der Waals surface area contributed by atoms with Crippen LogP contribution in [0.15, 0.2) is 59.5 Å². The minimum atomic E-state index is -4.08. The maximum atomic E-state index is 15.3. The highest BCUT2D eigenvalue weighted by Gasteiger charge is 2.64. The topological polar surface area (TPSA) is 102 Å². The van der Waals surface area contributed by atoms with Crippen LogP contribution in [0.1, 0.15) is 106 Å². The molecule has 51 heavy (non-hydrogen) atoms. The number of hydrogen-bond donors (Lipinski definition) is 1. The molecule has 0 amide bonds. The molecule has 0 aliphatic heterocycles. The largest absolute Gasteiger partial charge is 0.469 e. The van der Waals surface area contributed by atoms with Crippen molar-refractivity contribution in [1.29, 1.82) is 0 Å². The zero-order chi connectivity index (χ0) is 38.9. The maximum absolute atomic E-state index is 15.3. The summed E-state index contributed by atoms with van der Waals surface area (Å²) in [5.74, 6) is -0.860. The highest BCUT2D eigenvalue weighted by molar-refractivity contribution is 7.93. The third-order valence-electron chi connectivity index (χ3n) is 11.7. The molecule has 1 aliphatic carbocycles. The van der Waals surface area contributed by atoms with E-state index in [1.807, 2.05) is 18.2 Å². The molecular weight excluding hydrogens is 695 g/mol. The lowest BCUT2D eigenvalue weighted by Gasteiger charge is -2.43. The van der Waals surface area contributed by atoms with Gasteiger partial charge in [0.15, 0.2) is 26.5 Å². The number of allylic oxidation sites excluding steroid dienone is 2. The lowest BCUT2D eigenvalue weighted by atomic mass is 9.87. The zero-order valence-electron chi connectivity index (χ0n) is 34.1. The number of nitrogens with zero attached hydrogens (tertiary/aromatic N) is 1. The summed E-state index contributed by atoms with van der Waals surface area (Å²) in [4.78, 5) is 12.0. The number of hydroxylamine groups is 2. The van der Waals surface area contributed by atoms with Crippen molar-refractivity contribution in [2.24, 2.45) is 5.92 Å². The first kappa shape index (κ1) is 45.6. The average molecular weight is 766 g/mol. The van der Waals surface area contributed by atoms with E-state index in [-0.39, 0.29) is 39.9 Å². The first-order chi connectivity index (χ1) is 23.5. The minimum Gasteiger partial charge on any atom is -0.469 e. The Balaban J connectivity index is 2.88. The van der Waals surface area contributed by atoms with Gasteiger partial charge in [-0.15, -0.1) is 0 Å². The summed E-state index contributed by atoms with van der Waals surface area (Å²) >= 11 is 0. The van der Waals surface area contributed by atoms with Crippen LogP contribution in [0.5, 0.6) is 0 Å². The molecule has 0 bridgehead atoms. The molecule has 0 heterocycles. The van der Waals surface area contributed by atoms with Gasteiger partial charge in [0.1, 0.15) is 4.75 Å². The number of hydrogen-bond acceptors (Lipinski definition) is 8. The molecule has 292 valence electrons. The average Bonchev–Trinajstić information content (AvgIpc) is 3.34. The highest BCUT2D eigenvalue weighted by atomic mass is 32.2. The molecule has 8 nitrogen and oxygen atoms in total. The second-order valence-corrected chi connectivity index (χ2v) is 29.2. The summed E-state index contributed by atoms with van der Waals surface area (Å²) in [5.41, 5.74) is 0. The molecule has 1 fully saturated rings. The molecule has 2 rings (SSSR count). The molecule has 0 spiro atoms. The van der Waals surface area contributed by atoms with Gasteiger partial charge in [-0.25, -0.2) is 8.42 Å². The standard InChI is InChI=1S/C40H71NO7SSi2/c1-14-15-19-24-32(47-50(10,11)38(2,3)4)28-29-34-35(48-51(12,13)39(5,6)7)31-36(41(8)43)40(34,30-23-17-16-22-27-37(42)46-9)49(44,45)33-25-20-18-21-26-33/h17-18,20-21,23,25-26,28-29,32,34-36,43H,14-16,19,22,24,27,30-31H2,1-13H3/b23-17-,29-28+/t32-,34-,35+,36-,40+/m0/s1. The summed E-state index contributed by atoms with van der Waals surface area (Å²) in [6, 6.07) is 7.87. The number of rotatable bonds is 19. The Kier molecular flexibility index (Phi) is 16.6. The summed E-state index contributed by atoms with van der Waals surface area (Å²) in [6.45, 7) is 24.4. The molecule has 11 heteroatoms. The van der Waals surface area contributed by atoms with Crippen LogP contribution >= 0.6 is 0 Å². The third-order valence-corrected chi connectivity index (χ3v) is 23.3. The number of ether oxygens (including phenoxy) is 1. The van der Waals surface area contributed by atoms with Crippen molar-refractivity contribution in [3.8, 4) is 0 Å². The van der Waals surface area contributed by atoms with E-state index < -0.39 is 49.3 Å². The van der Waals surface area contributed by atoms with E-state index in [1.54, 1.807) is 31.3 Å². The third kappa shape index (κ3) is 11.4. The van der Waals surface area contributed by atoms with Crippen molar-refractivity contribution >= 4 is 32.4 Å². The van der Waals surface area contributed by atoms with Crippen LogP contribution in [0.4, 0.5) is 0 Å². The molecule has 0 aromatic heterocycles. The Morgan fingerprint density at radius 3 is 2.14 bits per heavy atom. The van der Waals surface area contributed by atoms with Crippen LogP contribution in [0.2, 0.25) is 36.3 Å². The van der Waals surface area contributed by atoms with Gasteiger partial charge in [-0.1, -0.05) is 110 Å². The number of esters is 1. The van der Waals surface area contributed by atoms with E-state index in [0.717, 1.165) is 30.7 Å². The lowest BCUT2D eigenvalue weighted by molar-refractivity contribution is -0.140.